The van der Waals surface area contributed by atoms with Gasteiger partial charge in [-0.05, 0) is 55.7 Å². The predicted octanol–water partition coefficient (Wildman–Crippen LogP) is 5.15. The Labute approximate surface area is 242 Å². The van der Waals surface area contributed by atoms with Crippen LogP contribution in [0, 0.1) is 0 Å². The van der Waals surface area contributed by atoms with Crippen molar-refractivity contribution in [3.63, 3.8) is 0 Å². The number of fused-ring (bicyclic) bond motifs is 3. The minimum absolute atomic E-state index is 0.0199. The van der Waals surface area contributed by atoms with Crippen molar-refractivity contribution in [2.75, 3.05) is 30.9 Å². The van der Waals surface area contributed by atoms with Crippen LogP contribution in [0.4, 0.5) is 17.1 Å². The number of carbonyl (C=O) groups is 3. The van der Waals surface area contributed by atoms with E-state index in [4.69, 9.17) is 13.9 Å². The first-order valence-electron chi connectivity index (χ1n) is 13.8. The first-order chi connectivity index (χ1) is 20.4. The molecule has 2 aromatic carbocycles. The normalized spacial score (nSPS) is 15.7. The number of nitrogens with zero attached hydrogens (tertiary/aromatic N) is 3. The molecule has 6 rings (SSSR count). The third-order valence-electron chi connectivity index (χ3n) is 7.50. The molecule has 11 nitrogen and oxygen atoms in total. The van der Waals surface area contributed by atoms with Gasteiger partial charge < -0.3 is 34.0 Å². The SMILES string of the molecule is COc1cc2c(cc1OCCCC(=O)Nc1cc(C(=O)Nc3ccc4occc4c3)n(C)c1)N=C[C@@H]1CCCN1C2=O. The fraction of sp³-hybridized carbons (Fsp3) is 0.290. The molecule has 3 amide bonds. The maximum absolute atomic E-state index is 13.0. The minimum atomic E-state index is -0.296. The second kappa shape index (κ2) is 11.4. The molecular weight excluding hydrogens is 538 g/mol. The van der Waals surface area contributed by atoms with E-state index in [0.717, 1.165) is 30.4 Å². The van der Waals surface area contributed by atoms with E-state index in [2.05, 4.69) is 15.6 Å². The number of benzene rings is 2. The van der Waals surface area contributed by atoms with E-state index >= 15 is 0 Å². The highest BCUT2D eigenvalue weighted by Crippen LogP contribution is 2.38. The lowest BCUT2D eigenvalue weighted by atomic mass is 10.1. The van der Waals surface area contributed by atoms with Crippen molar-refractivity contribution >= 4 is 52.0 Å². The number of aryl methyl sites for hydroxylation is 1. The largest absolute Gasteiger partial charge is 0.493 e. The molecule has 2 aliphatic heterocycles. The van der Waals surface area contributed by atoms with Crippen LogP contribution in [0.1, 0.15) is 46.5 Å². The van der Waals surface area contributed by atoms with E-state index in [1.807, 2.05) is 23.2 Å². The summed E-state index contributed by atoms with van der Waals surface area (Å²) in [6, 6.07) is 12.3. The highest BCUT2D eigenvalue weighted by Gasteiger charge is 2.32. The Morgan fingerprint density at radius 2 is 1.98 bits per heavy atom. The maximum Gasteiger partial charge on any atom is 0.272 e. The van der Waals surface area contributed by atoms with Crippen LogP contribution in [0.3, 0.4) is 0 Å². The summed E-state index contributed by atoms with van der Waals surface area (Å²) >= 11 is 0. The second-order valence-corrected chi connectivity index (χ2v) is 10.4. The Morgan fingerprint density at radius 1 is 1.10 bits per heavy atom. The first kappa shape index (κ1) is 27.1. The van der Waals surface area contributed by atoms with Crippen molar-refractivity contribution < 1.29 is 28.3 Å². The summed E-state index contributed by atoms with van der Waals surface area (Å²) in [7, 11) is 3.27. The van der Waals surface area contributed by atoms with Crippen molar-refractivity contribution in [3.05, 3.63) is 66.2 Å². The maximum atomic E-state index is 13.0. The molecule has 2 aliphatic rings. The van der Waals surface area contributed by atoms with Crippen molar-refractivity contribution in [3.8, 4) is 11.5 Å². The number of carbonyl (C=O) groups excluding carboxylic acids is 3. The van der Waals surface area contributed by atoms with Gasteiger partial charge in [0.15, 0.2) is 11.5 Å². The van der Waals surface area contributed by atoms with E-state index in [9.17, 15) is 14.4 Å². The first-order valence-corrected chi connectivity index (χ1v) is 13.8. The van der Waals surface area contributed by atoms with Crippen molar-refractivity contribution in [2.24, 2.45) is 12.0 Å². The number of nitrogens with one attached hydrogen (secondary N) is 2. The van der Waals surface area contributed by atoms with Crippen LogP contribution in [0.15, 0.2) is 64.3 Å². The highest BCUT2D eigenvalue weighted by atomic mass is 16.5. The Balaban J connectivity index is 1.02. The van der Waals surface area contributed by atoms with E-state index in [1.165, 1.54) is 7.11 Å². The molecule has 2 aromatic heterocycles. The summed E-state index contributed by atoms with van der Waals surface area (Å²) in [6.45, 7) is 0.983. The summed E-state index contributed by atoms with van der Waals surface area (Å²) < 4.78 is 18.4. The van der Waals surface area contributed by atoms with Gasteiger partial charge in [-0.1, -0.05) is 0 Å². The Bertz CT molecular complexity index is 1700. The lowest BCUT2D eigenvalue weighted by molar-refractivity contribution is -0.116. The van der Waals surface area contributed by atoms with Crippen molar-refractivity contribution in [2.45, 2.75) is 31.7 Å². The van der Waals surface area contributed by atoms with Gasteiger partial charge in [0.1, 0.15) is 11.3 Å². The molecule has 1 saturated heterocycles. The van der Waals surface area contributed by atoms with Gasteiger partial charge in [-0.3, -0.25) is 19.4 Å². The standard InChI is InChI=1S/C31H31N5O6/c1-35-18-21(14-25(35)30(38)34-20-7-8-26-19(13-20)9-12-42-26)33-29(37)6-4-11-41-28-16-24-23(15-27(28)40-2)31(39)36-10-3-5-22(36)17-32-24/h7-9,12-18,22H,3-6,10-11H2,1-2H3,(H,33,37)(H,34,38)/t22-/m0/s1. The molecule has 0 spiro atoms. The smallest absolute Gasteiger partial charge is 0.272 e. The average Bonchev–Trinajstić information content (AvgIpc) is 3.71. The number of hydrogen-bond donors (Lipinski definition) is 2. The summed E-state index contributed by atoms with van der Waals surface area (Å²) in [5.41, 5.74) is 3.35. The molecule has 4 aromatic rings. The summed E-state index contributed by atoms with van der Waals surface area (Å²) in [5.74, 6) is 0.360. The topological polar surface area (TPSA) is 127 Å². The average molecular weight is 570 g/mol. The van der Waals surface area contributed by atoms with Crippen molar-refractivity contribution in [1.29, 1.82) is 0 Å². The molecule has 0 radical (unpaired) electrons. The molecule has 1 fully saturated rings. The molecule has 0 saturated carbocycles. The number of anilines is 2. The molecule has 4 heterocycles. The minimum Gasteiger partial charge on any atom is -0.493 e. The Morgan fingerprint density at radius 3 is 2.83 bits per heavy atom. The lowest BCUT2D eigenvalue weighted by Gasteiger charge is -2.20. The zero-order chi connectivity index (χ0) is 29.2. The van der Waals surface area contributed by atoms with Crippen LogP contribution in [-0.4, -0.2) is 59.7 Å². The molecule has 2 N–H and O–H groups in total. The van der Waals surface area contributed by atoms with Gasteiger partial charge in [0, 0.05) is 49.6 Å². The van der Waals surface area contributed by atoms with Crippen LogP contribution in [0.2, 0.25) is 0 Å². The predicted molar refractivity (Wildman–Crippen MR) is 158 cm³/mol. The van der Waals surface area contributed by atoms with Crippen LogP contribution in [0.25, 0.3) is 11.0 Å². The van der Waals surface area contributed by atoms with Gasteiger partial charge in [-0.25, -0.2) is 0 Å². The number of furan rings is 1. The van der Waals surface area contributed by atoms with Crippen LogP contribution >= 0.6 is 0 Å². The molecule has 42 heavy (non-hydrogen) atoms. The van der Waals surface area contributed by atoms with E-state index < -0.39 is 0 Å². The number of aliphatic imine (C=N–C) groups is 1. The number of rotatable bonds is 9. The van der Waals surface area contributed by atoms with Gasteiger partial charge in [0.25, 0.3) is 11.8 Å². The number of ether oxygens (including phenoxy) is 2. The van der Waals surface area contributed by atoms with E-state index in [-0.39, 0.29) is 36.8 Å². The molecule has 1 atom stereocenters. The summed E-state index contributed by atoms with van der Waals surface area (Å²) in [4.78, 5) is 44.9. The third kappa shape index (κ3) is 5.45. The number of amides is 3. The van der Waals surface area contributed by atoms with Gasteiger partial charge in [-0.15, -0.1) is 0 Å². The van der Waals surface area contributed by atoms with Gasteiger partial charge in [-0.2, -0.15) is 0 Å². The van der Waals surface area contributed by atoms with Crippen LogP contribution < -0.4 is 20.1 Å². The van der Waals surface area contributed by atoms with Gasteiger partial charge >= 0.3 is 0 Å². The molecule has 216 valence electrons. The highest BCUT2D eigenvalue weighted by molar-refractivity contribution is 6.05. The quantitative estimate of drug-likeness (QED) is 0.269. The number of aromatic nitrogens is 1. The van der Waals surface area contributed by atoms with E-state index in [0.29, 0.717) is 46.2 Å². The molecular formula is C31H31N5O6. The van der Waals surface area contributed by atoms with Crippen molar-refractivity contribution in [1.82, 2.24) is 9.47 Å². The summed E-state index contributed by atoms with van der Waals surface area (Å²) in [6.07, 6.45) is 7.65. The lowest BCUT2D eigenvalue weighted by Crippen LogP contribution is -2.35. The fourth-order valence-electron chi connectivity index (χ4n) is 5.36. The number of methoxy groups -OCH3 is 1. The van der Waals surface area contributed by atoms with Crippen LogP contribution in [0.5, 0.6) is 11.5 Å². The zero-order valence-corrected chi connectivity index (χ0v) is 23.4. The Kier molecular flexibility index (Phi) is 7.39. The Hall–Kier alpha value is -5.06. The monoisotopic (exact) mass is 569 g/mol. The van der Waals surface area contributed by atoms with Gasteiger partial charge in [0.05, 0.1) is 43.0 Å². The summed E-state index contributed by atoms with van der Waals surface area (Å²) in [5, 5.41) is 6.61. The molecule has 0 aliphatic carbocycles. The molecule has 11 heteroatoms. The third-order valence-corrected chi connectivity index (χ3v) is 7.50. The second-order valence-electron chi connectivity index (χ2n) is 10.4. The number of hydrogen-bond acceptors (Lipinski definition) is 7. The fourth-order valence-corrected chi connectivity index (χ4v) is 5.36. The van der Waals surface area contributed by atoms with Gasteiger partial charge in [0.2, 0.25) is 5.91 Å². The van der Waals surface area contributed by atoms with Crippen LogP contribution in [-0.2, 0) is 11.8 Å². The molecule has 0 bridgehead atoms. The zero-order valence-electron chi connectivity index (χ0n) is 23.4. The molecule has 0 unspecified atom stereocenters. The van der Waals surface area contributed by atoms with E-state index in [1.54, 1.807) is 54.4 Å².